The molecule has 0 atom stereocenters. The first kappa shape index (κ1) is 17.6. The standard InChI is InChI=1S/C13H14O9/c1-13(2,3)9-7(11(15)21-18)5-4-6(10(14)20-17)8(9)12(16)22-19/h4-5,17-19H,1-3H3. The van der Waals surface area contributed by atoms with E-state index in [1.54, 1.807) is 20.8 Å². The first-order valence-corrected chi connectivity index (χ1v) is 5.93. The van der Waals surface area contributed by atoms with Gasteiger partial charge < -0.3 is 0 Å². The van der Waals surface area contributed by atoms with Gasteiger partial charge in [-0.3, -0.25) is 14.7 Å². The van der Waals surface area contributed by atoms with Gasteiger partial charge in [0.1, 0.15) is 0 Å². The summed E-state index contributed by atoms with van der Waals surface area (Å²) in [5.74, 6) is -3.83. The number of hydrogen-bond acceptors (Lipinski definition) is 9. The molecule has 120 valence electrons. The van der Waals surface area contributed by atoms with Gasteiger partial charge in [0, 0.05) is 0 Å². The molecule has 0 unspecified atom stereocenters. The Bertz CT molecular complexity index is 613. The fourth-order valence-electron chi connectivity index (χ4n) is 2.08. The highest BCUT2D eigenvalue weighted by atomic mass is 17.1. The Balaban J connectivity index is 3.86. The lowest BCUT2D eigenvalue weighted by Gasteiger charge is -2.25. The Morgan fingerprint density at radius 3 is 1.64 bits per heavy atom. The van der Waals surface area contributed by atoms with E-state index >= 15 is 0 Å². The average molecular weight is 314 g/mol. The Hall–Kier alpha value is -2.49. The van der Waals surface area contributed by atoms with E-state index in [1.807, 2.05) is 0 Å². The van der Waals surface area contributed by atoms with Gasteiger partial charge in [0.25, 0.3) is 0 Å². The molecular weight excluding hydrogens is 300 g/mol. The van der Waals surface area contributed by atoms with Gasteiger partial charge in [0.2, 0.25) is 0 Å². The van der Waals surface area contributed by atoms with E-state index in [4.69, 9.17) is 15.8 Å². The maximum Gasteiger partial charge on any atom is 0.373 e. The highest BCUT2D eigenvalue weighted by Crippen LogP contribution is 2.33. The maximum atomic E-state index is 11.8. The first-order valence-electron chi connectivity index (χ1n) is 5.93. The van der Waals surface area contributed by atoms with E-state index in [2.05, 4.69) is 14.7 Å². The van der Waals surface area contributed by atoms with Gasteiger partial charge >= 0.3 is 17.9 Å². The summed E-state index contributed by atoms with van der Waals surface area (Å²) in [7, 11) is 0. The predicted molar refractivity (Wildman–Crippen MR) is 69.3 cm³/mol. The van der Waals surface area contributed by atoms with Gasteiger partial charge in [0.05, 0.1) is 16.7 Å². The van der Waals surface area contributed by atoms with E-state index in [9.17, 15) is 14.4 Å². The number of carbonyl (C=O) groups excluding carboxylic acids is 3. The van der Waals surface area contributed by atoms with Gasteiger partial charge in [-0.15, -0.1) is 0 Å². The van der Waals surface area contributed by atoms with E-state index in [1.165, 1.54) is 0 Å². The predicted octanol–water partition coefficient (Wildman–Crippen LogP) is 1.87. The third-order valence-corrected chi connectivity index (χ3v) is 2.85. The van der Waals surface area contributed by atoms with Crippen molar-refractivity contribution in [2.45, 2.75) is 26.2 Å². The van der Waals surface area contributed by atoms with Crippen molar-refractivity contribution in [1.29, 1.82) is 0 Å². The van der Waals surface area contributed by atoms with Crippen molar-refractivity contribution in [2.75, 3.05) is 0 Å². The molecule has 0 saturated heterocycles. The molecule has 0 spiro atoms. The summed E-state index contributed by atoms with van der Waals surface area (Å²) in [6.45, 7) is 4.79. The summed E-state index contributed by atoms with van der Waals surface area (Å²) in [4.78, 5) is 45.9. The summed E-state index contributed by atoms with van der Waals surface area (Å²) in [6, 6.07) is 2.08. The van der Waals surface area contributed by atoms with Crippen LogP contribution in [0.15, 0.2) is 12.1 Å². The second-order valence-electron chi connectivity index (χ2n) is 5.30. The van der Waals surface area contributed by atoms with Gasteiger partial charge in [0.15, 0.2) is 0 Å². The lowest BCUT2D eigenvalue weighted by Crippen LogP contribution is -2.26. The number of carbonyl (C=O) groups is 3. The Morgan fingerprint density at radius 2 is 1.23 bits per heavy atom. The molecule has 9 nitrogen and oxygen atoms in total. The summed E-state index contributed by atoms with van der Waals surface area (Å²) >= 11 is 0. The topological polar surface area (TPSA) is 140 Å². The number of rotatable bonds is 3. The number of benzene rings is 1. The molecule has 0 fully saturated rings. The SMILES string of the molecule is CC(C)(C)c1c(C(=O)OO)ccc(C(=O)OO)c1C(=O)OO. The number of hydrogen-bond donors (Lipinski definition) is 3. The van der Waals surface area contributed by atoms with Gasteiger partial charge in [-0.05, 0) is 23.1 Å². The van der Waals surface area contributed by atoms with E-state index in [0.29, 0.717) is 0 Å². The molecule has 0 bridgehead atoms. The van der Waals surface area contributed by atoms with Crippen LogP contribution < -0.4 is 0 Å². The van der Waals surface area contributed by atoms with Crippen molar-refractivity contribution in [3.05, 3.63) is 34.4 Å². The zero-order valence-corrected chi connectivity index (χ0v) is 11.9. The van der Waals surface area contributed by atoms with E-state index in [0.717, 1.165) is 12.1 Å². The normalized spacial score (nSPS) is 10.8. The van der Waals surface area contributed by atoms with Crippen LogP contribution in [0.1, 0.15) is 57.4 Å². The minimum absolute atomic E-state index is 0.0477. The van der Waals surface area contributed by atoms with Gasteiger partial charge in [-0.1, -0.05) is 20.8 Å². The largest absolute Gasteiger partial charge is 0.373 e. The first-order chi connectivity index (χ1) is 10.2. The molecule has 0 aliphatic heterocycles. The molecule has 9 heteroatoms. The smallest absolute Gasteiger partial charge is 0.295 e. The van der Waals surface area contributed by atoms with Gasteiger partial charge in [-0.2, -0.15) is 15.8 Å². The minimum Gasteiger partial charge on any atom is -0.295 e. The fraction of sp³-hybridized carbons (Fsp3) is 0.308. The molecule has 1 rings (SSSR count). The molecule has 1 aromatic carbocycles. The van der Waals surface area contributed by atoms with Crippen molar-refractivity contribution in [3.63, 3.8) is 0 Å². The summed E-state index contributed by atoms with van der Waals surface area (Å²) in [5, 5.41) is 25.6. The molecule has 0 aromatic heterocycles. The van der Waals surface area contributed by atoms with Crippen molar-refractivity contribution in [3.8, 4) is 0 Å². The third kappa shape index (κ3) is 3.22. The maximum absolute atomic E-state index is 11.8. The summed E-state index contributed by atoms with van der Waals surface area (Å²) in [6.07, 6.45) is 0. The monoisotopic (exact) mass is 314 g/mol. The van der Waals surface area contributed by atoms with Crippen molar-refractivity contribution in [2.24, 2.45) is 0 Å². The molecule has 0 radical (unpaired) electrons. The van der Waals surface area contributed by atoms with Gasteiger partial charge in [-0.25, -0.2) is 14.4 Å². The average Bonchev–Trinajstić information content (AvgIpc) is 2.50. The Morgan fingerprint density at radius 1 is 0.818 bits per heavy atom. The molecule has 3 N–H and O–H groups in total. The highest BCUT2D eigenvalue weighted by molar-refractivity contribution is 6.07. The molecule has 0 aliphatic carbocycles. The molecule has 1 aromatic rings. The van der Waals surface area contributed by atoms with Crippen LogP contribution in [-0.2, 0) is 20.1 Å². The second-order valence-corrected chi connectivity index (χ2v) is 5.30. The lowest BCUT2D eigenvalue weighted by molar-refractivity contribution is -0.185. The van der Waals surface area contributed by atoms with Crippen molar-refractivity contribution in [1.82, 2.24) is 0 Å². The van der Waals surface area contributed by atoms with E-state index in [-0.39, 0.29) is 11.1 Å². The van der Waals surface area contributed by atoms with E-state index < -0.39 is 34.4 Å². The van der Waals surface area contributed by atoms with Crippen LogP contribution in [0.5, 0.6) is 0 Å². The molecule has 0 aliphatic rings. The molecule has 0 amide bonds. The Kier molecular flexibility index (Phi) is 5.20. The second kappa shape index (κ2) is 6.52. The molecule has 0 heterocycles. The zero-order chi connectivity index (χ0) is 17.1. The quantitative estimate of drug-likeness (QED) is 0.433. The van der Waals surface area contributed by atoms with Crippen molar-refractivity contribution >= 4 is 17.9 Å². The fourth-order valence-corrected chi connectivity index (χ4v) is 2.08. The van der Waals surface area contributed by atoms with Crippen molar-refractivity contribution < 1.29 is 44.8 Å². The van der Waals surface area contributed by atoms with Crippen LogP contribution in [0.2, 0.25) is 0 Å². The van der Waals surface area contributed by atoms with Crippen LogP contribution in [0.3, 0.4) is 0 Å². The Labute approximate surface area is 124 Å². The highest BCUT2D eigenvalue weighted by Gasteiger charge is 2.34. The van der Waals surface area contributed by atoms with Crippen LogP contribution >= 0.6 is 0 Å². The molecule has 0 saturated carbocycles. The molecular formula is C13H14O9. The summed E-state index contributed by atoms with van der Waals surface area (Å²) in [5.41, 5.74) is -2.13. The zero-order valence-electron chi connectivity index (χ0n) is 11.9. The minimum atomic E-state index is -1.35. The lowest BCUT2D eigenvalue weighted by atomic mass is 9.79. The van der Waals surface area contributed by atoms with Crippen LogP contribution in [0.4, 0.5) is 0 Å². The molecule has 22 heavy (non-hydrogen) atoms. The summed E-state index contributed by atoms with van der Waals surface area (Å²) < 4.78 is 0. The van der Waals surface area contributed by atoms with Crippen LogP contribution in [0.25, 0.3) is 0 Å². The third-order valence-electron chi connectivity index (χ3n) is 2.85. The van der Waals surface area contributed by atoms with Crippen LogP contribution in [0, 0.1) is 0 Å². The van der Waals surface area contributed by atoms with Crippen LogP contribution in [-0.4, -0.2) is 33.7 Å².